The number of hydrogen-bond donors (Lipinski definition) is 1. The number of carboxylic acids is 1. The number of carbonyl (C=O) groups is 1. The van der Waals surface area contributed by atoms with E-state index in [1.54, 1.807) is 6.20 Å². The van der Waals surface area contributed by atoms with Crippen LogP contribution >= 0.6 is 0 Å². The van der Waals surface area contributed by atoms with Gasteiger partial charge in [-0.2, -0.15) is 0 Å². The second-order valence-corrected chi connectivity index (χ2v) is 4.79. The highest BCUT2D eigenvalue weighted by Crippen LogP contribution is 2.23. The molecule has 0 unspecified atom stereocenters. The standard InChI is InChI=1S/C15H17NO3/c1-10(2)11-3-5-12(6-4-11)13-9-16-14(19-13)7-8-15(17)18/h3-6,9-10H,7-8H2,1-2H3,(H,17,18). The van der Waals surface area contributed by atoms with Gasteiger partial charge in [0.25, 0.3) is 0 Å². The Kier molecular flexibility index (Phi) is 4.00. The predicted molar refractivity (Wildman–Crippen MR) is 72.0 cm³/mol. The Bertz CT molecular complexity index is 555. The fraction of sp³-hybridized carbons (Fsp3) is 0.333. The molecule has 0 fully saturated rings. The molecule has 0 atom stereocenters. The van der Waals surface area contributed by atoms with E-state index in [9.17, 15) is 4.79 Å². The molecule has 0 aliphatic heterocycles. The van der Waals surface area contributed by atoms with Crippen molar-refractivity contribution in [3.63, 3.8) is 0 Å². The van der Waals surface area contributed by atoms with Gasteiger partial charge in [-0.25, -0.2) is 4.98 Å². The molecule has 2 rings (SSSR count). The van der Waals surface area contributed by atoms with E-state index in [0.29, 0.717) is 24.0 Å². The number of aliphatic carboxylic acids is 1. The number of nitrogens with zero attached hydrogens (tertiary/aromatic N) is 1. The molecular formula is C15H17NO3. The SMILES string of the molecule is CC(C)c1ccc(-c2cnc(CCC(=O)O)o2)cc1. The van der Waals surface area contributed by atoms with Crippen molar-refractivity contribution >= 4 is 5.97 Å². The first-order valence-corrected chi connectivity index (χ1v) is 6.33. The minimum absolute atomic E-state index is 0.0340. The lowest BCUT2D eigenvalue weighted by Gasteiger charge is -2.05. The topological polar surface area (TPSA) is 63.3 Å². The number of oxazole rings is 1. The number of aromatic nitrogens is 1. The van der Waals surface area contributed by atoms with E-state index < -0.39 is 5.97 Å². The van der Waals surface area contributed by atoms with E-state index in [1.807, 2.05) is 12.1 Å². The van der Waals surface area contributed by atoms with Crippen LogP contribution in [0.25, 0.3) is 11.3 Å². The zero-order chi connectivity index (χ0) is 13.8. The Morgan fingerprint density at radius 3 is 2.58 bits per heavy atom. The minimum atomic E-state index is -0.846. The normalized spacial score (nSPS) is 10.9. The van der Waals surface area contributed by atoms with Gasteiger partial charge in [-0.1, -0.05) is 38.1 Å². The van der Waals surface area contributed by atoms with E-state index in [0.717, 1.165) is 5.56 Å². The van der Waals surface area contributed by atoms with E-state index >= 15 is 0 Å². The van der Waals surface area contributed by atoms with Gasteiger partial charge in [0, 0.05) is 12.0 Å². The van der Waals surface area contributed by atoms with Crippen molar-refractivity contribution in [1.82, 2.24) is 4.98 Å². The van der Waals surface area contributed by atoms with Crippen LogP contribution in [0.5, 0.6) is 0 Å². The largest absolute Gasteiger partial charge is 0.481 e. The molecule has 1 N–H and O–H groups in total. The summed E-state index contributed by atoms with van der Waals surface area (Å²) < 4.78 is 5.55. The molecule has 0 spiro atoms. The summed E-state index contributed by atoms with van der Waals surface area (Å²) >= 11 is 0. The van der Waals surface area contributed by atoms with E-state index in [2.05, 4.69) is 31.0 Å². The van der Waals surface area contributed by atoms with Crippen LogP contribution in [0.2, 0.25) is 0 Å². The van der Waals surface area contributed by atoms with E-state index in [4.69, 9.17) is 9.52 Å². The Morgan fingerprint density at radius 2 is 2.00 bits per heavy atom. The van der Waals surface area contributed by atoms with Crippen LogP contribution < -0.4 is 0 Å². The fourth-order valence-electron chi connectivity index (χ4n) is 1.81. The average molecular weight is 259 g/mol. The maximum atomic E-state index is 10.5. The van der Waals surface area contributed by atoms with Gasteiger partial charge >= 0.3 is 5.97 Å². The maximum absolute atomic E-state index is 10.5. The number of rotatable bonds is 5. The van der Waals surface area contributed by atoms with Gasteiger partial charge in [-0.3, -0.25) is 4.79 Å². The Balaban J connectivity index is 2.11. The Morgan fingerprint density at radius 1 is 1.32 bits per heavy atom. The summed E-state index contributed by atoms with van der Waals surface area (Å²) in [6, 6.07) is 8.13. The Labute approximate surface area is 112 Å². The highest BCUT2D eigenvalue weighted by molar-refractivity contribution is 5.66. The number of hydrogen-bond acceptors (Lipinski definition) is 3. The van der Waals surface area contributed by atoms with Gasteiger partial charge in [0.15, 0.2) is 11.7 Å². The lowest BCUT2D eigenvalue weighted by Crippen LogP contribution is -1.97. The lowest BCUT2D eigenvalue weighted by atomic mass is 10.0. The average Bonchev–Trinajstić information content (AvgIpc) is 2.85. The van der Waals surface area contributed by atoms with Crippen LogP contribution in [0.15, 0.2) is 34.9 Å². The van der Waals surface area contributed by atoms with Crippen LogP contribution in [-0.4, -0.2) is 16.1 Å². The van der Waals surface area contributed by atoms with Crippen LogP contribution in [0.3, 0.4) is 0 Å². The summed E-state index contributed by atoms with van der Waals surface area (Å²) in [4.78, 5) is 14.6. The molecule has 1 aromatic carbocycles. The van der Waals surface area contributed by atoms with Crippen LogP contribution in [0, 0.1) is 0 Å². The molecule has 0 saturated carbocycles. The molecule has 4 heteroatoms. The fourth-order valence-corrected chi connectivity index (χ4v) is 1.81. The van der Waals surface area contributed by atoms with Gasteiger partial charge in [-0.15, -0.1) is 0 Å². The lowest BCUT2D eigenvalue weighted by molar-refractivity contribution is -0.137. The van der Waals surface area contributed by atoms with Gasteiger partial charge in [0.05, 0.1) is 12.6 Å². The molecule has 0 radical (unpaired) electrons. The van der Waals surface area contributed by atoms with Crippen molar-refractivity contribution < 1.29 is 14.3 Å². The van der Waals surface area contributed by atoms with Crippen molar-refractivity contribution in [2.75, 3.05) is 0 Å². The molecule has 19 heavy (non-hydrogen) atoms. The van der Waals surface area contributed by atoms with Crippen molar-refractivity contribution in [2.24, 2.45) is 0 Å². The van der Waals surface area contributed by atoms with Gasteiger partial charge in [-0.05, 0) is 11.5 Å². The molecule has 1 aromatic heterocycles. The first kappa shape index (κ1) is 13.3. The van der Waals surface area contributed by atoms with Gasteiger partial charge < -0.3 is 9.52 Å². The first-order valence-electron chi connectivity index (χ1n) is 6.33. The smallest absolute Gasteiger partial charge is 0.303 e. The molecule has 100 valence electrons. The third kappa shape index (κ3) is 3.44. The third-order valence-electron chi connectivity index (χ3n) is 2.97. The number of aryl methyl sites for hydroxylation is 1. The van der Waals surface area contributed by atoms with E-state index in [1.165, 1.54) is 5.56 Å². The van der Waals surface area contributed by atoms with Crippen molar-refractivity contribution in [3.8, 4) is 11.3 Å². The molecule has 0 saturated heterocycles. The molecule has 0 aliphatic carbocycles. The zero-order valence-corrected chi connectivity index (χ0v) is 11.1. The number of carboxylic acid groups (broad SMARTS) is 1. The maximum Gasteiger partial charge on any atom is 0.303 e. The first-order chi connectivity index (χ1) is 9.06. The molecule has 1 heterocycles. The zero-order valence-electron chi connectivity index (χ0n) is 11.1. The van der Waals surface area contributed by atoms with E-state index in [-0.39, 0.29) is 6.42 Å². The van der Waals surface area contributed by atoms with Gasteiger partial charge in [0.2, 0.25) is 0 Å². The second-order valence-electron chi connectivity index (χ2n) is 4.79. The molecule has 4 nitrogen and oxygen atoms in total. The Hall–Kier alpha value is -2.10. The highest BCUT2D eigenvalue weighted by Gasteiger charge is 2.08. The minimum Gasteiger partial charge on any atom is -0.481 e. The summed E-state index contributed by atoms with van der Waals surface area (Å²) in [6.45, 7) is 4.29. The molecule has 0 amide bonds. The quantitative estimate of drug-likeness (QED) is 0.892. The monoisotopic (exact) mass is 259 g/mol. The van der Waals surface area contributed by atoms with Gasteiger partial charge in [0.1, 0.15) is 0 Å². The molecule has 2 aromatic rings. The summed E-state index contributed by atoms with van der Waals surface area (Å²) in [7, 11) is 0. The van der Waals surface area contributed by atoms with Crippen LogP contribution in [0.1, 0.15) is 37.6 Å². The predicted octanol–water partition coefficient (Wildman–Crippen LogP) is 3.48. The van der Waals surface area contributed by atoms with Crippen molar-refractivity contribution in [1.29, 1.82) is 0 Å². The summed E-state index contributed by atoms with van der Waals surface area (Å²) in [5, 5.41) is 8.61. The number of benzene rings is 1. The molecule has 0 aliphatic rings. The van der Waals surface area contributed by atoms with Crippen molar-refractivity contribution in [3.05, 3.63) is 41.9 Å². The van der Waals surface area contributed by atoms with Crippen molar-refractivity contribution in [2.45, 2.75) is 32.6 Å². The van der Waals surface area contributed by atoms with Crippen LogP contribution in [0.4, 0.5) is 0 Å². The highest BCUT2D eigenvalue weighted by atomic mass is 16.4. The summed E-state index contributed by atoms with van der Waals surface area (Å²) in [6.07, 6.45) is 1.99. The second kappa shape index (κ2) is 5.69. The van der Waals surface area contributed by atoms with Crippen LogP contribution in [-0.2, 0) is 11.2 Å². The summed E-state index contributed by atoms with van der Waals surface area (Å²) in [5.41, 5.74) is 2.23. The third-order valence-corrected chi connectivity index (χ3v) is 2.97. The molecule has 0 bridgehead atoms. The summed E-state index contributed by atoms with van der Waals surface area (Å²) in [5.74, 6) is 0.789. The molecular weight excluding hydrogens is 242 g/mol.